The van der Waals surface area contributed by atoms with Crippen molar-refractivity contribution in [1.29, 1.82) is 5.26 Å². The number of piperazine rings is 1. The highest BCUT2D eigenvalue weighted by molar-refractivity contribution is 5.85. The molecule has 9 heteroatoms. The smallest absolute Gasteiger partial charge is 0.156 e. The zero-order chi connectivity index (χ0) is 27.4. The van der Waals surface area contributed by atoms with Gasteiger partial charge in [-0.3, -0.25) is 4.90 Å². The zero-order valence-corrected chi connectivity index (χ0v) is 21.6. The summed E-state index contributed by atoms with van der Waals surface area (Å²) in [6, 6.07) is 11.9. The van der Waals surface area contributed by atoms with E-state index in [1.54, 1.807) is 16.9 Å². The summed E-state index contributed by atoms with van der Waals surface area (Å²) in [5.41, 5.74) is 3.03. The second-order valence-electron chi connectivity index (χ2n) is 9.62. The van der Waals surface area contributed by atoms with Gasteiger partial charge in [-0.05, 0) is 36.8 Å². The van der Waals surface area contributed by atoms with Crippen LogP contribution in [-0.4, -0.2) is 68.0 Å². The summed E-state index contributed by atoms with van der Waals surface area (Å²) in [5.74, 6) is 6.20. The van der Waals surface area contributed by atoms with Crippen LogP contribution in [0.5, 0.6) is 5.75 Å². The molecular formula is C30H27N7O2. The maximum Gasteiger partial charge on any atom is 0.156 e. The van der Waals surface area contributed by atoms with E-state index in [1.165, 1.54) is 13.1 Å². The Labute approximate surface area is 227 Å². The molecule has 0 aromatic carbocycles. The lowest BCUT2D eigenvalue weighted by atomic mass is 10.0. The summed E-state index contributed by atoms with van der Waals surface area (Å²) < 4.78 is 7.37. The van der Waals surface area contributed by atoms with Crippen molar-refractivity contribution in [1.82, 2.24) is 24.5 Å². The van der Waals surface area contributed by atoms with Gasteiger partial charge in [0.05, 0.1) is 23.5 Å². The molecular weight excluding hydrogens is 490 g/mol. The highest BCUT2D eigenvalue weighted by Crippen LogP contribution is 2.31. The fourth-order valence-electron chi connectivity index (χ4n) is 4.47. The molecule has 1 N–H and O–H groups in total. The molecule has 1 unspecified atom stereocenters. The first-order chi connectivity index (χ1) is 18.9. The highest BCUT2D eigenvalue weighted by atomic mass is 16.5. The van der Waals surface area contributed by atoms with Crippen LogP contribution in [0.25, 0.3) is 16.6 Å². The molecule has 1 aliphatic heterocycles. The van der Waals surface area contributed by atoms with Crippen molar-refractivity contribution >= 4 is 11.3 Å². The van der Waals surface area contributed by atoms with Crippen molar-refractivity contribution in [2.24, 2.45) is 0 Å². The Morgan fingerprint density at radius 1 is 1.08 bits per heavy atom. The molecule has 194 valence electrons. The summed E-state index contributed by atoms with van der Waals surface area (Å²) in [6.45, 7) is 5.77. The molecule has 1 saturated heterocycles. The molecule has 0 bridgehead atoms. The van der Waals surface area contributed by atoms with E-state index < -0.39 is 5.60 Å². The van der Waals surface area contributed by atoms with Gasteiger partial charge >= 0.3 is 0 Å². The number of hydrogen-bond acceptors (Lipinski definition) is 8. The second kappa shape index (κ2) is 10.8. The number of anilines is 1. The molecule has 0 amide bonds. The van der Waals surface area contributed by atoms with Crippen LogP contribution in [0.2, 0.25) is 0 Å². The Balaban J connectivity index is 1.31. The van der Waals surface area contributed by atoms with E-state index in [0.717, 1.165) is 55.2 Å². The summed E-state index contributed by atoms with van der Waals surface area (Å²) in [6.07, 6.45) is 17.6. The lowest BCUT2D eigenvalue weighted by Crippen LogP contribution is -2.46. The van der Waals surface area contributed by atoms with Gasteiger partial charge in [0, 0.05) is 56.2 Å². The summed E-state index contributed by atoms with van der Waals surface area (Å²) in [7, 11) is 0. The summed E-state index contributed by atoms with van der Waals surface area (Å²) >= 11 is 0. The number of ether oxygens (including phenoxy) is 1. The van der Waals surface area contributed by atoms with Gasteiger partial charge in [-0.1, -0.05) is 17.9 Å². The minimum absolute atomic E-state index is 0.0866. The Morgan fingerprint density at radius 3 is 2.54 bits per heavy atom. The fourth-order valence-corrected chi connectivity index (χ4v) is 4.47. The number of aromatic nitrogens is 4. The van der Waals surface area contributed by atoms with Crippen LogP contribution in [-0.2, 0) is 6.54 Å². The van der Waals surface area contributed by atoms with Crippen LogP contribution in [0.15, 0.2) is 55.1 Å². The van der Waals surface area contributed by atoms with Gasteiger partial charge < -0.3 is 14.7 Å². The third-order valence-corrected chi connectivity index (χ3v) is 6.67. The van der Waals surface area contributed by atoms with Gasteiger partial charge in [0.15, 0.2) is 5.60 Å². The van der Waals surface area contributed by atoms with Gasteiger partial charge in [0.2, 0.25) is 0 Å². The number of nitrogens with zero attached hydrogens (tertiary/aromatic N) is 7. The Bertz CT molecular complexity index is 1600. The molecule has 5 heterocycles. The van der Waals surface area contributed by atoms with Crippen LogP contribution < -0.4 is 9.64 Å². The van der Waals surface area contributed by atoms with E-state index in [-0.39, 0.29) is 6.61 Å². The average Bonchev–Trinajstić information content (AvgIpc) is 3.40. The van der Waals surface area contributed by atoms with Crippen molar-refractivity contribution < 1.29 is 9.84 Å². The van der Waals surface area contributed by atoms with Crippen LogP contribution in [0.3, 0.4) is 0 Å². The lowest BCUT2D eigenvalue weighted by Gasteiger charge is -2.35. The van der Waals surface area contributed by atoms with Crippen LogP contribution in [0.4, 0.5) is 5.82 Å². The number of rotatable bonds is 7. The van der Waals surface area contributed by atoms with E-state index in [0.29, 0.717) is 22.5 Å². The second-order valence-corrected chi connectivity index (χ2v) is 9.62. The quantitative estimate of drug-likeness (QED) is 0.374. The van der Waals surface area contributed by atoms with Gasteiger partial charge in [-0.25, -0.2) is 14.5 Å². The number of nitriles is 1. The molecule has 1 atom stereocenters. The number of hydrogen-bond donors (Lipinski definition) is 1. The Kier molecular flexibility index (Phi) is 7.17. The zero-order valence-electron chi connectivity index (χ0n) is 21.6. The molecule has 1 aliphatic rings. The topological polar surface area (TPSA) is 103 Å². The first kappa shape index (κ1) is 25.8. The van der Waals surface area contributed by atoms with Crippen LogP contribution >= 0.6 is 0 Å². The normalized spacial score (nSPS) is 15.2. The molecule has 4 aromatic rings. The van der Waals surface area contributed by atoms with Gasteiger partial charge in [-0.2, -0.15) is 10.4 Å². The maximum absolute atomic E-state index is 10.1. The number of fused-ring (bicyclic) bond motifs is 1. The molecule has 0 spiro atoms. The molecule has 0 radical (unpaired) electrons. The predicted molar refractivity (Wildman–Crippen MR) is 148 cm³/mol. The van der Waals surface area contributed by atoms with Crippen molar-refractivity contribution in [2.45, 2.75) is 19.1 Å². The van der Waals surface area contributed by atoms with E-state index in [2.05, 4.69) is 37.8 Å². The van der Waals surface area contributed by atoms with Crippen molar-refractivity contribution in [3.05, 3.63) is 71.9 Å². The monoisotopic (exact) mass is 517 g/mol. The van der Waals surface area contributed by atoms with E-state index in [4.69, 9.17) is 22.6 Å². The number of aliphatic hydroxyl groups is 1. The molecule has 4 aromatic heterocycles. The summed E-state index contributed by atoms with van der Waals surface area (Å²) in [5, 5.41) is 24.1. The van der Waals surface area contributed by atoms with Gasteiger partial charge in [-0.15, -0.1) is 12.8 Å². The Hall–Kier alpha value is -4.88. The average molecular weight is 518 g/mol. The first-order valence-electron chi connectivity index (χ1n) is 12.5. The minimum Gasteiger partial charge on any atom is -0.488 e. The molecule has 1 fully saturated rings. The number of pyridine rings is 3. The molecule has 0 aliphatic carbocycles. The third kappa shape index (κ3) is 5.68. The maximum atomic E-state index is 10.1. The van der Waals surface area contributed by atoms with Crippen molar-refractivity contribution in [2.75, 3.05) is 37.7 Å². The Morgan fingerprint density at radius 2 is 1.90 bits per heavy atom. The van der Waals surface area contributed by atoms with E-state index in [9.17, 15) is 10.4 Å². The van der Waals surface area contributed by atoms with Crippen molar-refractivity contribution in [3.8, 4) is 47.6 Å². The summed E-state index contributed by atoms with van der Waals surface area (Å²) in [4.78, 5) is 13.7. The third-order valence-electron chi connectivity index (χ3n) is 6.67. The van der Waals surface area contributed by atoms with E-state index in [1.807, 2.05) is 36.5 Å². The van der Waals surface area contributed by atoms with Crippen LogP contribution in [0.1, 0.15) is 23.7 Å². The standard InChI is InChI=1S/C30H27N7O2/c1-4-25-8-6-22(16-32-25)19-35-10-12-36(13-11-35)28-9-7-23(17-33-28)27-14-26(39-21-30(3,38)5-2)20-37-29(27)24(15-31)18-34-37/h1-2,6-9,14,16-18,20,38H,10-13,19,21H2,3H3. The molecule has 0 saturated carbocycles. The van der Waals surface area contributed by atoms with Crippen molar-refractivity contribution in [3.63, 3.8) is 0 Å². The molecule has 39 heavy (non-hydrogen) atoms. The molecule has 9 nitrogen and oxygen atoms in total. The lowest BCUT2D eigenvalue weighted by molar-refractivity contribution is 0.0629. The SMILES string of the molecule is C#Cc1ccc(CN2CCN(c3ccc(-c4cc(OCC(C)(O)C#C)cn5ncc(C#N)c45)cn3)CC2)cn1. The van der Waals surface area contributed by atoms with E-state index >= 15 is 0 Å². The minimum atomic E-state index is -1.41. The number of terminal acetylenes is 2. The first-order valence-corrected chi connectivity index (χ1v) is 12.5. The molecule has 5 rings (SSSR count). The van der Waals surface area contributed by atoms with Gasteiger partial charge in [0.1, 0.15) is 29.9 Å². The largest absolute Gasteiger partial charge is 0.488 e. The van der Waals surface area contributed by atoms with Crippen LogP contribution in [0, 0.1) is 36.0 Å². The highest BCUT2D eigenvalue weighted by Gasteiger charge is 2.21. The predicted octanol–water partition coefficient (Wildman–Crippen LogP) is 2.73. The van der Waals surface area contributed by atoms with Gasteiger partial charge in [0.25, 0.3) is 0 Å². The fraction of sp³-hybridized carbons (Fsp3) is 0.267.